The van der Waals surface area contributed by atoms with Crippen LogP contribution in [-0.2, 0) is 13.6 Å². The molecule has 0 saturated heterocycles. The summed E-state index contributed by atoms with van der Waals surface area (Å²) in [6.45, 7) is 8.35. The van der Waals surface area contributed by atoms with Crippen LogP contribution in [0.15, 0.2) is 39.9 Å². The van der Waals surface area contributed by atoms with Gasteiger partial charge in [0.15, 0.2) is 5.16 Å². The number of fused-ring (bicyclic) bond motifs is 1. The molecule has 0 spiro atoms. The summed E-state index contributed by atoms with van der Waals surface area (Å²) in [6, 6.07) is 7.87. The van der Waals surface area contributed by atoms with E-state index in [1.807, 2.05) is 52.0 Å². The molecule has 126 valence electrons. The molecule has 0 aliphatic carbocycles. The van der Waals surface area contributed by atoms with Crippen molar-refractivity contribution < 1.29 is 13.6 Å². The van der Waals surface area contributed by atoms with Crippen LogP contribution < -0.4 is 0 Å². The minimum atomic E-state index is -3.12. The van der Waals surface area contributed by atoms with Crippen LogP contribution in [0.5, 0.6) is 0 Å². The van der Waals surface area contributed by atoms with Gasteiger partial charge in [-0.25, -0.2) is 4.98 Å². The monoisotopic (exact) mass is 354 g/mol. The Hall–Kier alpha value is -1.07. The first-order valence-corrected chi connectivity index (χ1v) is 10.2. The number of aromatic amines is 1. The summed E-state index contributed by atoms with van der Waals surface area (Å²) < 4.78 is 23.6. The van der Waals surface area contributed by atoms with Crippen molar-refractivity contribution in [2.45, 2.75) is 32.9 Å². The lowest BCUT2D eigenvalue weighted by Gasteiger charge is -2.18. The number of thioether (sulfide) groups is 1. The van der Waals surface area contributed by atoms with Gasteiger partial charge in [-0.3, -0.25) is 4.57 Å². The van der Waals surface area contributed by atoms with Gasteiger partial charge in [-0.1, -0.05) is 29.5 Å². The molecule has 2 rings (SSSR count). The van der Waals surface area contributed by atoms with Crippen LogP contribution in [0, 0.1) is 0 Å². The summed E-state index contributed by atoms with van der Waals surface area (Å²) in [5, 5.41) is 0.780. The number of hydrogen-bond donors (Lipinski definition) is 1. The molecule has 23 heavy (non-hydrogen) atoms. The second kappa shape index (κ2) is 8.15. The maximum Gasteiger partial charge on any atom is 0.335 e. The Morgan fingerprint density at radius 1 is 1.22 bits per heavy atom. The molecule has 0 atom stereocenters. The predicted octanol–water partition coefficient (Wildman–Crippen LogP) is 5.22. The van der Waals surface area contributed by atoms with E-state index < -0.39 is 7.60 Å². The molecule has 2 aromatic rings. The number of H-pyrrole nitrogens is 1. The van der Waals surface area contributed by atoms with E-state index in [-0.39, 0.29) is 6.16 Å². The van der Waals surface area contributed by atoms with Gasteiger partial charge in [-0.05, 0) is 39.8 Å². The van der Waals surface area contributed by atoms with Crippen LogP contribution in [0.4, 0.5) is 0 Å². The van der Waals surface area contributed by atoms with Gasteiger partial charge in [0.05, 0.1) is 30.4 Å². The first kappa shape index (κ1) is 18.3. The van der Waals surface area contributed by atoms with Gasteiger partial charge in [0.25, 0.3) is 0 Å². The summed E-state index contributed by atoms with van der Waals surface area (Å²) in [7, 11) is -3.12. The molecule has 0 aliphatic rings. The third kappa shape index (κ3) is 4.95. The maximum absolute atomic E-state index is 12.8. The van der Waals surface area contributed by atoms with Crippen LogP contribution in [0.1, 0.15) is 27.7 Å². The van der Waals surface area contributed by atoms with Gasteiger partial charge in [0.1, 0.15) is 0 Å². The van der Waals surface area contributed by atoms with Crippen LogP contribution in [0.3, 0.4) is 0 Å². The zero-order valence-electron chi connectivity index (χ0n) is 14.0. The number of allylic oxidation sites excluding steroid dienone is 2. The average Bonchev–Trinajstić information content (AvgIpc) is 2.89. The SMILES string of the molecule is CCOP(=O)(CC(Sc1nc2ccccc2[nH]1)=C(C)C)OCC. The average molecular weight is 354 g/mol. The standard InChI is InChI=1S/C16H23N2O3PS/c1-5-20-22(19,21-6-2)11-15(12(3)4)23-16-17-13-9-7-8-10-14(13)18-16/h7-10H,5-6,11H2,1-4H3,(H,17,18). The van der Waals surface area contributed by atoms with Crippen LogP contribution in [0.25, 0.3) is 11.0 Å². The van der Waals surface area contributed by atoms with Crippen molar-refractivity contribution in [1.82, 2.24) is 9.97 Å². The van der Waals surface area contributed by atoms with E-state index in [9.17, 15) is 4.57 Å². The van der Waals surface area contributed by atoms with Crippen molar-refractivity contribution in [3.63, 3.8) is 0 Å². The Kier molecular flexibility index (Phi) is 6.48. The van der Waals surface area contributed by atoms with E-state index in [1.165, 1.54) is 11.8 Å². The van der Waals surface area contributed by atoms with Crippen molar-refractivity contribution in [1.29, 1.82) is 0 Å². The maximum atomic E-state index is 12.8. The number of nitrogens with zero attached hydrogens (tertiary/aromatic N) is 1. The number of hydrogen-bond acceptors (Lipinski definition) is 5. The lowest BCUT2D eigenvalue weighted by atomic mass is 10.3. The predicted molar refractivity (Wildman–Crippen MR) is 96.1 cm³/mol. The summed E-state index contributed by atoms with van der Waals surface area (Å²) in [4.78, 5) is 8.79. The molecule has 0 fully saturated rings. The Bertz CT molecular complexity index is 695. The molecule has 0 amide bonds. The number of para-hydroxylation sites is 2. The van der Waals surface area contributed by atoms with Gasteiger partial charge in [0.2, 0.25) is 0 Å². The van der Waals surface area contributed by atoms with Crippen molar-refractivity contribution in [3.8, 4) is 0 Å². The normalized spacial score (nSPS) is 11.8. The zero-order valence-corrected chi connectivity index (χ0v) is 15.7. The highest BCUT2D eigenvalue weighted by Crippen LogP contribution is 2.52. The number of aromatic nitrogens is 2. The fraction of sp³-hybridized carbons (Fsp3) is 0.438. The lowest BCUT2D eigenvalue weighted by molar-refractivity contribution is 0.222. The van der Waals surface area contributed by atoms with E-state index >= 15 is 0 Å². The van der Waals surface area contributed by atoms with Gasteiger partial charge < -0.3 is 14.0 Å². The van der Waals surface area contributed by atoms with Gasteiger partial charge >= 0.3 is 7.60 Å². The third-order valence-electron chi connectivity index (χ3n) is 3.13. The summed E-state index contributed by atoms with van der Waals surface area (Å²) in [5.74, 6) is 0. The quantitative estimate of drug-likeness (QED) is 0.520. The minimum Gasteiger partial charge on any atom is -0.333 e. The van der Waals surface area contributed by atoms with Crippen LogP contribution in [-0.4, -0.2) is 29.3 Å². The number of nitrogens with one attached hydrogen (secondary N) is 1. The van der Waals surface area contributed by atoms with E-state index in [0.717, 1.165) is 26.7 Å². The van der Waals surface area contributed by atoms with Gasteiger partial charge in [0, 0.05) is 4.91 Å². The van der Waals surface area contributed by atoms with E-state index in [4.69, 9.17) is 9.05 Å². The van der Waals surface area contributed by atoms with Gasteiger partial charge in [-0.15, -0.1) is 0 Å². The molecule has 0 aliphatic heterocycles. The molecule has 0 radical (unpaired) electrons. The van der Waals surface area contributed by atoms with E-state index in [0.29, 0.717) is 13.2 Å². The largest absolute Gasteiger partial charge is 0.335 e. The first-order valence-electron chi connectivity index (χ1n) is 7.64. The minimum absolute atomic E-state index is 0.263. The molecule has 1 heterocycles. The van der Waals surface area contributed by atoms with E-state index in [1.54, 1.807) is 0 Å². The van der Waals surface area contributed by atoms with Crippen LogP contribution >= 0.6 is 19.4 Å². The fourth-order valence-corrected chi connectivity index (χ4v) is 5.27. The van der Waals surface area contributed by atoms with Gasteiger partial charge in [-0.2, -0.15) is 0 Å². The third-order valence-corrected chi connectivity index (χ3v) is 6.54. The van der Waals surface area contributed by atoms with E-state index in [2.05, 4.69) is 9.97 Å². The Balaban J connectivity index is 2.22. The molecular formula is C16H23N2O3PS. The molecule has 7 heteroatoms. The Labute approximate surface area is 141 Å². The number of rotatable bonds is 8. The highest BCUT2D eigenvalue weighted by atomic mass is 32.2. The topological polar surface area (TPSA) is 64.2 Å². The lowest BCUT2D eigenvalue weighted by Crippen LogP contribution is -2.02. The number of benzene rings is 1. The molecule has 1 aromatic carbocycles. The second-order valence-electron chi connectivity index (χ2n) is 5.19. The van der Waals surface area contributed by atoms with Crippen molar-refractivity contribution in [2.24, 2.45) is 0 Å². The Morgan fingerprint density at radius 2 is 1.87 bits per heavy atom. The fourth-order valence-electron chi connectivity index (χ4n) is 2.08. The molecule has 0 saturated carbocycles. The van der Waals surface area contributed by atoms with Crippen molar-refractivity contribution in [3.05, 3.63) is 34.7 Å². The smallest absolute Gasteiger partial charge is 0.333 e. The highest BCUT2D eigenvalue weighted by molar-refractivity contribution is 8.03. The van der Waals surface area contributed by atoms with Crippen molar-refractivity contribution in [2.75, 3.05) is 19.4 Å². The highest BCUT2D eigenvalue weighted by Gasteiger charge is 2.26. The molecule has 0 bridgehead atoms. The van der Waals surface area contributed by atoms with Crippen LogP contribution in [0.2, 0.25) is 0 Å². The molecule has 1 N–H and O–H groups in total. The number of imidazole rings is 1. The Morgan fingerprint density at radius 3 is 2.43 bits per heavy atom. The molecular weight excluding hydrogens is 331 g/mol. The summed E-state index contributed by atoms with van der Waals surface area (Å²) in [6.07, 6.45) is 0.263. The molecule has 0 unspecified atom stereocenters. The first-order chi connectivity index (χ1) is 11.0. The second-order valence-corrected chi connectivity index (χ2v) is 8.33. The molecule has 1 aromatic heterocycles. The summed E-state index contributed by atoms with van der Waals surface area (Å²) >= 11 is 1.48. The van der Waals surface area contributed by atoms with Crippen molar-refractivity contribution >= 4 is 30.4 Å². The zero-order chi connectivity index (χ0) is 16.9. The molecule has 5 nitrogen and oxygen atoms in total. The summed E-state index contributed by atoms with van der Waals surface area (Å²) in [5.41, 5.74) is 2.98.